The molecular weight excluding hydrogens is 708 g/mol. The summed E-state index contributed by atoms with van der Waals surface area (Å²) in [5, 5.41) is 2.28. The first-order chi connectivity index (χ1) is 22.6. The van der Waals surface area contributed by atoms with Gasteiger partial charge < -0.3 is 9.80 Å². The first-order valence-electron chi connectivity index (χ1n) is 15.6. The molecule has 0 radical (unpaired) electrons. The Bertz CT molecular complexity index is 1860. The molecule has 4 nitrogen and oxygen atoms in total. The second-order valence-corrected chi connectivity index (χ2v) is 17.7. The van der Waals surface area contributed by atoms with E-state index in [-0.39, 0.29) is 0 Å². The summed E-state index contributed by atoms with van der Waals surface area (Å²) < 4.78 is 1.92. The van der Waals surface area contributed by atoms with Crippen molar-refractivity contribution in [2.45, 2.75) is 41.5 Å². The standard InChI is InChI=1S/C21H27N2.C12H8N2.C7H6.2ClH.Ru/c1-14-9-16(3)20(17(4)10-14)22-7-8-23(13-22)21-18(5)11-15(2)12-19(21)6;1-3-9-5-6-10-4-2-8-14-12(10)11(9)13-7-1;1-7-5-3-2-4-6-7;;;/h9-13H,7-8H2,1-6H3;1-8H;1-6H;2*1H;/q-1;;;;;+2/p-2. The van der Waals surface area contributed by atoms with Crippen molar-refractivity contribution in [1.82, 2.24) is 9.97 Å². The van der Waals surface area contributed by atoms with Gasteiger partial charge in [0, 0.05) is 47.6 Å². The van der Waals surface area contributed by atoms with Crippen molar-refractivity contribution >= 4 is 57.2 Å². The predicted molar refractivity (Wildman–Crippen MR) is 201 cm³/mol. The third-order valence-corrected chi connectivity index (χ3v) is 9.92. The molecule has 6 aromatic rings. The van der Waals surface area contributed by atoms with Gasteiger partial charge in [0.1, 0.15) is 0 Å². The van der Waals surface area contributed by atoms with Gasteiger partial charge in [0.25, 0.3) is 0 Å². The van der Waals surface area contributed by atoms with Gasteiger partial charge in [0.05, 0.1) is 11.0 Å². The number of rotatable bonds is 3. The van der Waals surface area contributed by atoms with Crippen LogP contribution in [-0.4, -0.2) is 27.7 Å². The summed E-state index contributed by atoms with van der Waals surface area (Å²) >= 11 is -1.61. The normalized spacial score (nSPS) is 12.7. The van der Waals surface area contributed by atoms with Gasteiger partial charge >= 0.3 is 73.4 Å². The van der Waals surface area contributed by atoms with E-state index in [1.54, 1.807) is 12.4 Å². The minimum absolute atomic E-state index is 0.977. The first kappa shape index (κ1) is 34.7. The molecule has 1 aliphatic heterocycles. The topological polar surface area (TPSA) is 32.3 Å². The molecule has 7 rings (SSSR count). The molecule has 0 spiro atoms. The number of aryl methyl sites for hydroxylation is 6. The minimum Gasteiger partial charge on any atom is -0.254 e. The number of anilines is 2. The number of hydrogen-bond donors (Lipinski definition) is 0. The Hall–Kier alpha value is -3.63. The van der Waals surface area contributed by atoms with E-state index in [1.807, 2.05) is 47.1 Å². The Balaban J connectivity index is 0.000000153. The zero-order valence-electron chi connectivity index (χ0n) is 27.8. The molecule has 244 valence electrons. The van der Waals surface area contributed by atoms with Crippen LogP contribution in [0.3, 0.4) is 0 Å². The summed E-state index contributed by atoms with van der Waals surface area (Å²) in [6, 6.07) is 31.1. The molecule has 0 bridgehead atoms. The SMILES string of the molecule is Cc1cc(C)c(N2[CH-]N(c3c(C)cc(C)cc3C)CC2)c(C)c1.[Cl][Ru]([Cl])=[CH]c1ccccc1.c1cnc2c(c1)ccc1cccnc12. The van der Waals surface area contributed by atoms with Crippen molar-refractivity contribution in [1.29, 1.82) is 0 Å². The second kappa shape index (κ2) is 16.0. The molecule has 3 heterocycles. The quantitative estimate of drug-likeness (QED) is 0.102. The largest absolute Gasteiger partial charge is 0.254 e. The van der Waals surface area contributed by atoms with Crippen LogP contribution in [0.4, 0.5) is 11.4 Å². The fourth-order valence-corrected chi connectivity index (χ4v) is 8.21. The van der Waals surface area contributed by atoms with Crippen LogP contribution in [0.25, 0.3) is 21.8 Å². The number of aromatic nitrogens is 2. The fourth-order valence-electron chi connectivity index (χ4n) is 6.38. The van der Waals surface area contributed by atoms with Gasteiger partial charge in [0.15, 0.2) is 0 Å². The Morgan fingerprint density at radius 3 is 1.43 bits per heavy atom. The zero-order chi connectivity index (χ0) is 33.5. The van der Waals surface area contributed by atoms with E-state index in [4.69, 9.17) is 19.4 Å². The molecule has 0 unspecified atom stereocenters. The molecule has 0 N–H and O–H groups in total. The molecule has 0 amide bonds. The monoisotopic (exact) mass is 749 g/mol. The van der Waals surface area contributed by atoms with Gasteiger partial charge in [-0.3, -0.25) is 9.97 Å². The molecule has 7 heteroatoms. The van der Waals surface area contributed by atoms with Crippen LogP contribution in [-0.2, 0) is 13.5 Å². The van der Waals surface area contributed by atoms with Crippen LogP contribution < -0.4 is 9.80 Å². The number of pyridine rings is 2. The van der Waals surface area contributed by atoms with Crippen LogP contribution in [0.2, 0.25) is 0 Å². The summed E-state index contributed by atoms with van der Waals surface area (Å²) in [4.78, 5) is 13.5. The number of halogens is 2. The third-order valence-electron chi connectivity index (χ3n) is 8.04. The minimum atomic E-state index is -1.61. The van der Waals surface area contributed by atoms with Crippen molar-refractivity contribution in [2.75, 3.05) is 22.9 Å². The molecule has 1 saturated heterocycles. The maximum absolute atomic E-state index is 5.67. The van der Waals surface area contributed by atoms with Crippen molar-refractivity contribution < 1.29 is 13.5 Å². The van der Waals surface area contributed by atoms with Gasteiger partial charge in [-0.2, -0.15) is 6.67 Å². The van der Waals surface area contributed by atoms with Crippen LogP contribution in [0.5, 0.6) is 0 Å². The zero-order valence-corrected chi connectivity index (χ0v) is 31.0. The van der Waals surface area contributed by atoms with Crippen LogP contribution >= 0.6 is 19.4 Å². The average molecular weight is 750 g/mol. The van der Waals surface area contributed by atoms with E-state index in [1.165, 1.54) is 44.8 Å². The third kappa shape index (κ3) is 8.84. The van der Waals surface area contributed by atoms with Crippen molar-refractivity contribution in [3.05, 3.63) is 149 Å². The average Bonchev–Trinajstić information content (AvgIpc) is 3.50. The molecule has 4 aromatic carbocycles. The van der Waals surface area contributed by atoms with E-state index in [0.29, 0.717) is 0 Å². The first-order valence-corrected chi connectivity index (χ1v) is 21.1. The number of nitrogens with zero attached hydrogens (tertiary/aromatic N) is 4. The maximum Gasteiger partial charge on any atom is 0.0964 e. The Labute approximate surface area is 292 Å². The van der Waals surface area contributed by atoms with Crippen molar-refractivity contribution in [3.8, 4) is 0 Å². The molecule has 1 fully saturated rings. The van der Waals surface area contributed by atoms with Crippen LogP contribution in [0, 0.1) is 48.2 Å². The Morgan fingerprint density at radius 2 is 1.02 bits per heavy atom. The number of fused-ring (bicyclic) bond motifs is 3. The van der Waals surface area contributed by atoms with Crippen LogP contribution in [0.15, 0.2) is 103 Å². The van der Waals surface area contributed by atoms with Gasteiger partial charge in [0.2, 0.25) is 0 Å². The predicted octanol–water partition coefficient (Wildman–Crippen LogP) is 10.5. The van der Waals surface area contributed by atoms with Crippen LogP contribution in [0.1, 0.15) is 38.9 Å². The summed E-state index contributed by atoms with van der Waals surface area (Å²) in [7, 11) is 11.3. The van der Waals surface area contributed by atoms with E-state index < -0.39 is 13.5 Å². The second-order valence-electron chi connectivity index (χ2n) is 11.9. The van der Waals surface area contributed by atoms with Gasteiger partial charge in [-0.05, 0) is 75.9 Å². The van der Waals surface area contributed by atoms with Gasteiger partial charge in [-0.1, -0.05) is 59.7 Å². The number of hydrogen-bond acceptors (Lipinski definition) is 4. The number of benzene rings is 4. The maximum atomic E-state index is 5.67. The van der Waals surface area contributed by atoms with E-state index in [2.05, 4.69) is 117 Å². The smallest absolute Gasteiger partial charge is 0.0964 e. The molecule has 0 saturated carbocycles. The summed E-state index contributed by atoms with van der Waals surface area (Å²) in [6.45, 7) is 17.6. The van der Waals surface area contributed by atoms with Crippen molar-refractivity contribution in [3.63, 3.8) is 0 Å². The molecule has 2 aromatic heterocycles. The van der Waals surface area contributed by atoms with Crippen molar-refractivity contribution in [2.24, 2.45) is 0 Å². The van der Waals surface area contributed by atoms with E-state index >= 15 is 0 Å². The molecule has 47 heavy (non-hydrogen) atoms. The fraction of sp³-hybridized carbons (Fsp3) is 0.200. The van der Waals surface area contributed by atoms with E-state index in [0.717, 1.165) is 40.5 Å². The molecule has 1 aliphatic rings. The van der Waals surface area contributed by atoms with Gasteiger partial charge in [-0.15, -0.1) is 0 Å². The summed E-state index contributed by atoms with van der Waals surface area (Å²) in [5.74, 6) is 0. The summed E-state index contributed by atoms with van der Waals surface area (Å²) in [6.07, 6.45) is 3.60. The molecule has 0 atom stereocenters. The van der Waals surface area contributed by atoms with E-state index in [9.17, 15) is 0 Å². The summed E-state index contributed by atoms with van der Waals surface area (Å²) in [5.41, 5.74) is 13.9. The van der Waals surface area contributed by atoms with Gasteiger partial charge in [-0.25, -0.2) is 0 Å². The Morgan fingerprint density at radius 1 is 0.596 bits per heavy atom. The Kier molecular flexibility index (Phi) is 11.8. The molecule has 0 aliphatic carbocycles. The molecular formula is C40H41Cl2N4Ru-.